The van der Waals surface area contributed by atoms with Crippen molar-refractivity contribution < 1.29 is 0 Å². The van der Waals surface area contributed by atoms with Crippen LogP contribution in [0.5, 0.6) is 0 Å². The molecule has 5 heteroatoms. The normalized spacial score (nSPS) is 20.9. The molecule has 0 bridgehead atoms. The first kappa shape index (κ1) is 5.33. The smallest absolute Gasteiger partial charge is 0.140 e. The molecule has 8 heavy (non-hydrogen) atoms. The second-order valence-corrected chi connectivity index (χ2v) is 1.63. The van der Waals surface area contributed by atoms with Gasteiger partial charge in [-0.3, -0.25) is 5.01 Å². The lowest BCUT2D eigenvalue weighted by atomic mass is 10.7. The number of rotatable bonds is 0. The average molecular weight is 115 g/mol. The predicted molar refractivity (Wildman–Crippen MR) is 30.0 cm³/mol. The molecular formula is C3H9N5. The van der Waals surface area contributed by atoms with Crippen molar-refractivity contribution in [2.75, 3.05) is 7.05 Å². The molecule has 46 valence electrons. The fourth-order valence-electron chi connectivity index (χ4n) is 0.419. The van der Waals surface area contributed by atoms with Crippen LogP contribution < -0.4 is 11.4 Å². The zero-order valence-electron chi connectivity index (χ0n) is 4.92. The van der Waals surface area contributed by atoms with Gasteiger partial charge in [-0.1, -0.05) is 0 Å². The monoisotopic (exact) mass is 115 g/mol. The fraction of sp³-hybridized carbons (Fsp3) is 0.667. The van der Waals surface area contributed by atoms with E-state index in [1.165, 1.54) is 5.23 Å². The van der Waals surface area contributed by atoms with Crippen LogP contribution in [-0.4, -0.2) is 23.1 Å². The van der Waals surface area contributed by atoms with E-state index in [0.29, 0.717) is 0 Å². The molecular weight excluding hydrogens is 106 g/mol. The second-order valence-electron chi connectivity index (χ2n) is 1.63. The first-order chi connectivity index (χ1) is 3.72. The largest absolute Gasteiger partial charge is 0.262 e. The molecule has 1 aliphatic rings. The molecule has 0 atom stereocenters. The van der Waals surface area contributed by atoms with Crippen molar-refractivity contribution in [1.29, 1.82) is 0 Å². The standard InChI is InChI=1S/C3H9N5/c1-3-5-6-8(4)7(3)2/h6H,4H2,1-2H3. The van der Waals surface area contributed by atoms with Gasteiger partial charge in [0.1, 0.15) is 5.84 Å². The summed E-state index contributed by atoms with van der Waals surface area (Å²) in [6.45, 7) is 1.86. The third-order valence-electron chi connectivity index (χ3n) is 1.11. The van der Waals surface area contributed by atoms with E-state index in [1.54, 1.807) is 5.01 Å². The summed E-state index contributed by atoms with van der Waals surface area (Å²) in [6, 6.07) is 0. The molecule has 0 spiro atoms. The van der Waals surface area contributed by atoms with Gasteiger partial charge in [0.15, 0.2) is 0 Å². The van der Waals surface area contributed by atoms with Crippen molar-refractivity contribution >= 4 is 5.84 Å². The maximum Gasteiger partial charge on any atom is 0.140 e. The Kier molecular flexibility index (Phi) is 1.07. The van der Waals surface area contributed by atoms with E-state index in [2.05, 4.69) is 10.6 Å². The van der Waals surface area contributed by atoms with E-state index >= 15 is 0 Å². The van der Waals surface area contributed by atoms with Gasteiger partial charge >= 0.3 is 0 Å². The Bertz CT molecular complexity index is 119. The van der Waals surface area contributed by atoms with E-state index in [0.717, 1.165) is 5.84 Å². The molecule has 0 aliphatic carbocycles. The van der Waals surface area contributed by atoms with Crippen LogP contribution in [0.2, 0.25) is 0 Å². The number of nitrogens with zero attached hydrogens (tertiary/aromatic N) is 3. The highest BCUT2D eigenvalue weighted by Gasteiger charge is 2.12. The third kappa shape index (κ3) is 0.613. The summed E-state index contributed by atoms with van der Waals surface area (Å²) >= 11 is 0. The van der Waals surface area contributed by atoms with Crippen LogP contribution in [0.1, 0.15) is 6.92 Å². The summed E-state index contributed by atoms with van der Waals surface area (Å²) in [5.74, 6) is 6.16. The van der Waals surface area contributed by atoms with Crippen LogP contribution in [0.15, 0.2) is 5.10 Å². The molecule has 0 radical (unpaired) electrons. The Labute approximate surface area is 47.6 Å². The highest BCUT2D eigenvalue weighted by Crippen LogP contribution is 1.92. The van der Waals surface area contributed by atoms with E-state index in [9.17, 15) is 0 Å². The molecule has 0 amide bonds. The quantitative estimate of drug-likeness (QED) is 0.392. The minimum absolute atomic E-state index is 0.854. The number of nitrogens with one attached hydrogen (secondary N) is 1. The molecule has 1 rings (SSSR count). The maximum absolute atomic E-state index is 5.30. The third-order valence-corrected chi connectivity index (χ3v) is 1.11. The number of hydrogen-bond donors (Lipinski definition) is 2. The van der Waals surface area contributed by atoms with E-state index in [1.807, 2.05) is 14.0 Å². The zero-order chi connectivity index (χ0) is 6.15. The van der Waals surface area contributed by atoms with Gasteiger partial charge in [-0.15, -0.1) is 5.10 Å². The predicted octanol–water partition coefficient (Wildman–Crippen LogP) is -1.14. The summed E-state index contributed by atoms with van der Waals surface area (Å²) in [5.41, 5.74) is 2.54. The molecule has 0 saturated carbocycles. The Morgan fingerprint density at radius 3 is 2.50 bits per heavy atom. The SMILES string of the molecule is CC1=NNN(N)N1C. The molecule has 5 nitrogen and oxygen atoms in total. The van der Waals surface area contributed by atoms with Crippen LogP contribution in [0.25, 0.3) is 0 Å². The van der Waals surface area contributed by atoms with E-state index in [4.69, 9.17) is 5.84 Å². The van der Waals surface area contributed by atoms with Crippen molar-refractivity contribution in [3.63, 3.8) is 0 Å². The van der Waals surface area contributed by atoms with Gasteiger partial charge in [-0.2, -0.15) is 0 Å². The molecule has 0 fully saturated rings. The van der Waals surface area contributed by atoms with Crippen LogP contribution in [0.3, 0.4) is 0 Å². The van der Waals surface area contributed by atoms with Gasteiger partial charge in [0.25, 0.3) is 0 Å². The van der Waals surface area contributed by atoms with Crippen molar-refractivity contribution in [2.45, 2.75) is 6.92 Å². The van der Waals surface area contributed by atoms with Gasteiger partial charge < -0.3 is 0 Å². The first-order valence-electron chi connectivity index (χ1n) is 2.30. The minimum Gasteiger partial charge on any atom is -0.262 e. The van der Waals surface area contributed by atoms with Crippen LogP contribution in [0, 0.1) is 0 Å². The van der Waals surface area contributed by atoms with E-state index in [-0.39, 0.29) is 0 Å². The zero-order valence-corrected chi connectivity index (χ0v) is 4.92. The molecule has 1 heterocycles. The maximum atomic E-state index is 5.30. The van der Waals surface area contributed by atoms with Crippen LogP contribution in [-0.2, 0) is 0 Å². The van der Waals surface area contributed by atoms with Crippen molar-refractivity contribution in [3.05, 3.63) is 0 Å². The summed E-state index contributed by atoms with van der Waals surface area (Å²) < 4.78 is 0. The Morgan fingerprint density at radius 1 is 1.75 bits per heavy atom. The second kappa shape index (κ2) is 1.61. The van der Waals surface area contributed by atoms with Crippen molar-refractivity contribution in [3.8, 4) is 0 Å². The molecule has 0 aromatic carbocycles. The lowest BCUT2D eigenvalue weighted by Gasteiger charge is -2.17. The van der Waals surface area contributed by atoms with E-state index < -0.39 is 0 Å². The van der Waals surface area contributed by atoms with Crippen molar-refractivity contribution in [2.24, 2.45) is 10.9 Å². The molecule has 1 aliphatic heterocycles. The van der Waals surface area contributed by atoms with Gasteiger partial charge in [0, 0.05) is 7.05 Å². The molecule has 0 aromatic rings. The van der Waals surface area contributed by atoms with Gasteiger partial charge in [-0.25, -0.2) is 11.4 Å². The first-order valence-corrected chi connectivity index (χ1v) is 2.30. The number of nitrogens with two attached hydrogens (primary N) is 1. The summed E-state index contributed by atoms with van der Waals surface area (Å²) in [4.78, 5) is 0. The molecule has 0 unspecified atom stereocenters. The number of hydrogen-bond acceptors (Lipinski definition) is 5. The van der Waals surface area contributed by atoms with Gasteiger partial charge in [0.2, 0.25) is 0 Å². The Morgan fingerprint density at radius 2 is 2.38 bits per heavy atom. The summed E-state index contributed by atoms with van der Waals surface area (Å²) in [7, 11) is 1.82. The van der Waals surface area contributed by atoms with Gasteiger partial charge in [-0.05, 0) is 12.2 Å². The number of amidine groups is 1. The van der Waals surface area contributed by atoms with Crippen LogP contribution >= 0.6 is 0 Å². The summed E-state index contributed by atoms with van der Waals surface area (Å²) in [5, 5.41) is 6.79. The Hall–Kier alpha value is -0.810. The van der Waals surface area contributed by atoms with Crippen molar-refractivity contribution in [1.82, 2.24) is 15.8 Å². The lowest BCUT2D eigenvalue weighted by molar-refractivity contribution is 0.0364. The van der Waals surface area contributed by atoms with Crippen LogP contribution in [0.4, 0.5) is 0 Å². The lowest BCUT2D eigenvalue weighted by Crippen LogP contribution is -2.47. The molecule has 0 aromatic heterocycles. The Balaban J connectivity index is 2.59. The fourth-order valence-corrected chi connectivity index (χ4v) is 0.419. The number of hydrazone groups is 1. The molecule has 3 N–H and O–H groups in total. The highest BCUT2D eigenvalue weighted by molar-refractivity contribution is 5.79. The molecule has 0 saturated heterocycles. The summed E-state index contributed by atoms with van der Waals surface area (Å²) in [6.07, 6.45) is 0. The number of hydrazine groups is 3. The topological polar surface area (TPSA) is 56.9 Å². The van der Waals surface area contributed by atoms with Gasteiger partial charge in [0.05, 0.1) is 0 Å². The highest BCUT2D eigenvalue weighted by atomic mass is 16.0. The average Bonchev–Trinajstić information content (AvgIpc) is 1.98. The minimum atomic E-state index is 0.854.